The van der Waals surface area contributed by atoms with Crippen molar-refractivity contribution in [2.45, 2.75) is 23.5 Å². The van der Waals surface area contributed by atoms with Gasteiger partial charge in [-0.15, -0.1) is 11.3 Å². The summed E-state index contributed by atoms with van der Waals surface area (Å²) in [5.41, 5.74) is 6.32. The van der Waals surface area contributed by atoms with Crippen LogP contribution in [0.1, 0.15) is 29.6 Å². The molecule has 1 aliphatic rings. The van der Waals surface area contributed by atoms with Crippen LogP contribution in [0.4, 0.5) is 0 Å². The van der Waals surface area contributed by atoms with E-state index in [4.69, 9.17) is 21.5 Å². The number of aromatic nitrogens is 2. The Morgan fingerprint density at radius 1 is 1.42 bits per heavy atom. The highest BCUT2D eigenvalue weighted by Gasteiger charge is 2.34. The summed E-state index contributed by atoms with van der Waals surface area (Å²) in [4.78, 5) is 15.9. The highest BCUT2D eigenvalue weighted by Crippen LogP contribution is 2.42. The van der Waals surface area contributed by atoms with Gasteiger partial charge in [-0.3, -0.25) is 9.20 Å². The number of carbonyl (C=O) groups is 1. The molecule has 2 heterocycles. The van der Waals surface area contributed by atoms with Crippen LogP contribution in [0.15, 0.2) is 34.8 Å². The van der Waals surface area contributed by atoms with E-state index in [0.717, 1.165) is 0 Å². The number of hydrogen-bond donors (Lipinski definition) is 2. The molecule has 2 unspecified atom stereocenters. The number of fused-ring (bicyclic) bond motifs is 2. The first-order valence-electron chi connectivity index (χ1n) is 7.44. The van der Waals surface area contributed by atoms with Crippen molar-refractivity contribution in [2.24, 2.45) is 5.73 Å². The Morgan fingerprint density at radius 3 is 2.92 bits per heavy atom. The molecule has 4 rings (SSSR count). The first-order chi connectivity index (χ1) is 12.3. The number of hydrogen-bond acceptors (Lipinski definition) is 7. The minimum Gasteiger partial charge on any atom is -0.388 e. The summed E-state index contributed by atoms with van der Waals surface area (Å²) < 4.78 is 31.8. The zero-order valence-electron chi connectivity index (χ0n) is 13.0. The van der Waals surface area contributed by atoms with Crippen molar-refractivity contribution in [2.75, 3.05) is 0 Å². The SMILES string of the molecule is NC(=O)C1CC(O)c2cc(OS(=O)(=O)c3c(Cl)nc4sccn34)ccc21. The molecule has 0 bridgehead atoms. The number of amides is 1. The molecule has 2 atom stereocenters. The van der Waals surface area contributed by atoms with E-state index < -0.39 is 28.0 Å². The fourth-order valence-electron chi connectivity index (χ4n) is 3.09. The molecule has 0 spiro atoms. The molecule has 3 N–H and O–H groups in total. The van der Waals surface area contributed by atoms with E-state index in [2.05, 4.69) is 4.98 Å². The molecule has 8 nitrogen and oxygen atoms in total. The second-order valence-corrected chi connectivity index (χ2v) is 8.49. The smallest absolute Gasteiger partial charge is 0.358 e. The number of aliphatic hydroxyl groups is 1. The quantitative estimate of drug-likeness (QED) is 0.628. The second kappa shape index (κ2) is 5.95. The van der Waals surface area contributed by atoms with Crippen LogP contribution in [-0.2, 0) is 14.9 Å². The standard InChI is InChI=1S/C15H12ClN3O5S2/c16-12-14(19-3-4-25-15(19)18-12)26(22,23)24-7-1-2-8-9(5-7)11(20)6-10(8)13(17)21/h1-5,10-11,20H,6H2,(H2,17,21). The van der Waals surface area contributed by atoms with Gasteiger partial charge >= 0.3 is 10.1 Å². The van der Waals surface area contributed by atoms with Crippen LogP contribution in [0, 0.1) is 0 Å². The number of nitrogens with zero attached hydrogens (tertiary/aromatic N) is 2. The van der Waals surface area contributed by atoms with E-state index in [0.29, 0.717) is 16.1 Å². The first kappa shape index (κ1) is 17.3. The predicted molar refractivity (Wildman–Crippen MR) is 93.8 cm³/mol. The van der Waals surface area contributed by atoms with E-state index in [1.165, 1.54) is 40.1 Å². The first-order valence-corrected chi connectivity index (χ1v) is 10.1. The number of aliphatic hydroxyl groups excluding tert-OH is 1. The summed E-state index contributed by atoms with van der Waals surface area (Å²) in [6.07, 6.45) is 0.764. The van der Waals surface area contributed by atoms with Gasteiger partial charge in [-0.05, 0) is 29.7 Å². The number of halogens is 1. The molecule has 0 radical (unpaired) electrons. The normalized spacial score (nSPS) is 19.6. The highest BCUT2D eigenvalue weighted by atomic mass is 35.5. The van der Waals surface area contributed by atoms with E-state index in [1.807, 2.05) is 0 Å². The summed E-state index contributed by atoms with van der Waals surface area (Å²) in [6, 6.07) is 4.33. The molecule has 26 heavy (non-hydrogen) atoms. The average Bonchev–Trinajstić information content (AvgIpc) is 3.20. The van der Waals surface area contributed by atoms with E-state index in [9.17, 15) is 18.3 Å². The van der Waals surface area contributed by atoms with Crippen LogP contribution in [0.2, 0.25) is 5.15 Å². The average molecular weight is 414 g/mol. The molecule has 1 aromatic carbocycles. The molecule has 0 aliphatic heterocycles. The largest absolute Gasteiger partial charge is 0.388 e. The molecular formula is C15H12ClN3O5S2. The fraction of sp³-hybridized carbons (Fsp3) is 0.200. The van der Waals surface area contributed by atoms with Crippen LogP contribution in [0.5, 0.6) is 5.75 Å². The third kappa shape index (κ3) is 2.65. The number of carbonyl (C=O) groups excluding carboxylic acids is 1. The van der Waals surface area contributed by atoms with Gasteiger partial charge in [0.25, 0.3) is 0 Å². The van der Waals surface area contributed by atoms with Crippen molar-refractivity contribution in [1.29, 1.82) is 0 Å². The maximum Gasteiger partial charge on any atom is 0.358 e. The van der Waals surface area contributed by atoms with Gasteiger partial charge in [0.1, 0.15) is 5.75 Å². The van der Waals surface area contributed by atoms with E-state index >= 15 is 0 Å². The summed E-state index contributed by atoms with van der Waals surface area (Å²) >= 11 is 7.19. The number of thiazole rings is 1. The van der Waals surface area contributed by atoms with Gasteiger partial charge in [0, 0.05) is 11.6 Å². The van der Waals surface area contributed by atoms with E-state index in [-0.39, 0.29) is 22.3 Å². The summed E-state index contributed by atoms with van der Waals surface area (Å²) in [7, 11) is -4.26. The Kier molecular flexibility index (Phi) is 3.95. The molecule has 1 aliphatic carbocycles. The highest BCUT2D eigenvalue weighted by molar-refractivity contribution is 7.87. The maximum atomic E-state index is 12.7. The third-order valence-corrected chi connectivity index (χ3v) is 6.62. The Morgan fingerprint density at radius 2 is 2.19 bits per heavy atom. The summed E-state index contributed by atoms with van der Waals surface area (Å²) in [6.45, 7) is 0. The fourth-order valence-corrected chi connectivity index (χ4v) is 5.44. The molecule has 0 saturated carbocycles. The Labute approximate surface area is 156 Å². The van der Waals surface area contributed by atoms with Crippen molar-refractivity contribution in [1.82, 2.24) is 9.38 Å². The zero-order chi connectivity index (χ0) is 18.6. The zero-order valence-corrected chi connectivity index (χ0v) is 15.4. The van der Waals surface area contributed by atoms with Gasteiger partial charge in [-0.1, -0.05) is 17.7 Å². The number of rotatable bonds is 4. The Hall–Kier alpha value is -2.14. The topological polar surface area (TPSA) is 124 Å². The Bertz CT molecular complexity index is 1140. The molecule has 2 aromatic heterocycles. The van der Waals surface area contributed by atoms with Crippen LogP contribution in [-0.4, -0.2) is 28.8 Å². The van der Waals surface area contributed by atoms with Gasteiger partial charge in [0.15, 0.2) is 10.1 Å². The van der Waals surface area contributed by atoms with Gasteiger partial charge in [0.2, 0.25) is 10.9 Å². The van der Waals surface area contributed by atoms with Crippen LogP contribution in [0.3, 0.4) is 0 Å². The van der Waals surface area contributed by atoms with Gasteiger partial charge in [-0.2, -0.15) is 8.42 Å². The Balaban J connectivity index is 1.72. The number of nitrogens with two attached hydrogens (primary N) is 1. The second-order valence-electron chi connectivity index (χ2n) is 5.80. The van der Waals surface area contributed by atoms with Gasteiger partial charge < -0.3 is 15.0 Å². The lowest BCUT2D eigenvalue weighted by Gasteiger charge is -2.10. The number of benzene rings is 1. The molecule has 0 saturated heterocycles. The molecule has 11 heteroatoms. The minimum atomic E-state index is -4.26. The van der Waals surface area contributed by atoms with Crippen molar-refractivity contribution >= 4 is 43.9 Å². The minimum absolute atomic E-state index is 0.00540. The summed E-state index contributed by atoms with van der Waals surface area (Å²) in [5, 5.41) is 11.3. The lowest BCUT2D eigenvalue weighted by atomic mass is 10.0. The molecule has 0 fully saturated rings. The molecular weight excluding hydrogens is 402 g/mol. The predicted octanol–water partition coefficient (Wildman–Crippen LogP) is 1.82. The maximum absolute atomic E-state index is 12.7. The number of imidazole rings is 1. The molecule has 1 amide bonds. The van der Waals surface area contributed by atoms with Gasteiger partial charge in [0.05, 0.1) is 12.0 Å². The lowest BCUT2D eigenvalue weighted by molar-refractivity contribution is -0.119. The number of primary amides is 1. The summed E-state index contributed by atoms with van der Waals surface area (Å²) in [5.74, 6) is -1.16. The van der Waals surface area contributed by atoms with Crippen LogP contribution in [0.25, 0.3) is 4.96 Å². The third-order valence-electron chi connectivity index (χ3n) is 4.22. The molecule has 3 aromatic rings. The monoisotopic (exact) mass is 413 g/mol. The molecule has 136 valence electrons. The van der Waals surface area contributed by atoms with Crippen molar-refractivity contribution < 1.29 is 22.5 Å². The lowest BCUT2D eigenvalue weighted by Crippen LogP contribution is -2.19. The van der Waals surface area contributed by atoms with Crippen molar-refractivity contribution in [3.63, 3.8) is 0 Å². The van der Waals surface area contributed by atoms with E-state index in [1.54, 1.807) is 5.38 Å². The van der Waals surface area contributed by atoms with Crippen LogP contribution >= 0.6 is 22.9 Å². The van der Waals surface area contributed by atoms with Crippen molar-refractivity contribution in [3.8, 4) is 5.75 Å². The van der Waals surface area contributed by atoms with Gasteiger partial charge in [-0.25, -0.2) is 4.98 Å². The van der Waals surface area contributed by atoms with Crippen LogP contribution < -0.4 is 9.92 Å². The van der Waals surface area contributed by atoms with Crippen molar-refractivity contribution in [3.05, 3.63) is 46.1 Å².